The van der Waals surface area contributed by atoms with Crippen molar-refractivity contribution in [2.75, 3.05) is 13.1 Å². The molecule has 2 N–H and O–H groups in total. The van der Waals surface area contributed by atoms with Gasteiger partial charge in [0.1, 0.15) is 0 Å². The second-order valence-electron chi connectivity index (χ2n) is 9.10. The van der Waals surface area contributed by atoms with E-state index in [0.717, 1.165) is 43.8 Å². The van der Waals surface area contributed by atoms with Crippen molar-refractivity contribution in [3.8, 4) is 0 Å². The van der Waals surface area contributed by atoms with Gasteiger partial charge in [-0.1, -0.05) is 13.0 Å². The summed E-state index contributed by atoms with van der Waals surface area (Å²) in [7, 11) is 0. The van der Waals surface area contributed by atoms with Crippen molar-refractivity contribution in [3.63, 3.8) is 0 Å². The van der Waals surface area contributed by atoms with Crippen LogP contribution >= 0.6 is 0 Å². The van der Waals surface area contributed by atoms with Crippen molar-refractivity contribution in [1.82, 2.24) is 20.5 Å². The van der Waals surface area contributed by atoms with E-state index < -0.39 is 0 Å². The highest BCUT2D eigenvalue weighted by atomic mass is 16.2. The molecule has 1 aliphatic heterocycles. The van der Waals surface area contributed by atoms with E-state index in [1.807, 2.05) is 25.1 Å². The van der Waals surface area contributed by atoms with Crippen LogP contribution in [0.5, 0.6) is 0 Å². The lowest BCUT2D eigenvalue weighted by Crippen LogP contribution is -2.46. The molecule has 1 saturated heterocycles. The summed E-state index contributed by atoms with van der Waals surface area (Å²) in [5.74, 6) is 1.07. The van der Waals surface area contributed by atoms with Crippen molar-refractivity contribution < 1.29 is 9.59 Å². The number of pyridine rings is 1. The van der Waals surface area contributed by atoms with Crippen molar-refractivity contribution >= 4 is 11.8 Å². The molecule has 0 radical (unpaired) electrons. The fraction of sp³-hybridized carbons (Fsp3) is 0.682. The fourth-order valence-corrected chi connectivity index (χ4v) is 4.17. The highest BCUT2D eigenvalue weighted by molar-refractivity contribution is 5.84. The Kier molecular flexibility index (Phi) is 5.67. The summed E-state index contributed by atoms with van der Waals surface area (Å²) >= 11 is 0. The number of hydrogen-bond donors (Lipinski definition) is 2. The predicted molar refractivity (Wildman–Crippen MR) is 107 cm³/mol. The van der Waals surface area contributed by atoms with Crippen LogP contribution in [-0.2, 0) is 16.1 Å². The molecular formula is C22H32N4O2. The van der Waals surface area contributed by atoms with Crippen LogP contribution < -0.4 is 10.6 Å². The third kappa shape index (κ3) is 4.90. The molecule has 0 bridgehead atoms. The van der Waals surface area contributed by atoms with Crippen LogP contribution in [0.1, 0.15) is 57.6 Å². The minimum atomic E-state index is -0.120. The maximum atomic E-state index is 12.5. The number of carbonyl (C=O) groups excluding carboxylic acids is 2. The molecule has 2 atom stereocenters. The van der Waals surface area contributed by atoms with Gasteiger partial charge in [-0.25, -0.2) is 0 Å². The molecule has 2 heterocycles. The van der Waals surface area contributed by atoms with E-state index >= 15 is 0 Å². The zero-order valence-electron chi connectivity index (χ0n) is 16.8. The zero-order valence-corrected chi connectivity index (χ0v) is 16.8. The van der Waals surface area contributed by atoms with Gasteiger partial charge in [0.25, 0.3) is 0 Å². The molecule has 2 aliphatic carbocycles. The standard InChI is InChI=1S/C22H32N4O2/c1-22(9-10-22)21(28)25-14-19-8-7-18(26(19)15-16-5-6-16)12-20(27)24-13-17-4-2-3-11-23-17/h2-4,11,16,18-19H,5-10,12-15H2,1H3,(H,24,27)(H,25,28)/t18-,19+/m1/s1. The number of hydrogen-bond acceptors (Lipinski definition) is 4. The molecule has 2 saturated carbocycles. The van der Waals surface area contributed by atoms with Gasteiger partial charge in [-0.2, -0.15) is 0 Å². The van der Waals surface area contributed by atoms with Crippen LogP contribution in [0, 0.1) is 11.3 Å². The van der Waals surface area contributed by atoms with E-state index in [2.05, 4.69) is 20.5 Å². The maximum Gasteiger partial charge on any atom is 0.225 e. The molecule has 1 aromatic rings. The Hall–Kier alpha value is -1.95. The molecule has 28 heavy (non-hydrogen) atoms. The molecule has 4 rings (SSSR count). The van der Waals surface area contributed by atoms with Crippen LogP contribution in [0.4, 0.5) is 0 Å². The van der Waals surface area contributed by atoms with E-state index in [1.165, 1.54) is 12.8 Å². The summed E-state index contributed by atoms with van der Waals surface area (Å²) in [6.45, 7) is 4.31. The molecular weight excluding hydrogens is 352 g/mol. The van der Waals surface area contributed by atoms with Crippen LogP contribution in [0.15, 0.2) is 24.4 Å². The van der Waals surface area contributed by atoms with Crippen molar-refractivity contribution in [3.05, 3.63) is 30.1 Å². The quantitative estimate of drug-likeness (QED) is 0.685. The average Bonchev–Trinajstić information content (AvgIpc) is 3.62. The molecule has 3 fully saturated rings. The monoisotopic (exact) mass is 384 g/mol. The first-order chi connectivity index (χ1) is 13.5. The van der Waals surface area contributed by atoms with Crippen molar-refractivity contribution in [2.24, 2.45) is 11.3 Å². The minimum absolute atomic E-state index is 0.0895. The molecule has 6 heteroatoms. The highest BCUT2D eigenvalue weighted by Crippen LogP contribution is 2.45. The van der Waals surface area contributed by atoms with Crippen LogP contribution in [-0.4, -0.2) is 46.9 Å². The third-order valence-corrected chi connectivity index (χ3v) is 6.60. The summed E-state index contributed by atoms with van der Waals surface area (Å²) in [6, 6.07) is 6.38. The van der Waals surface area contributed by atoms with Crippen LogP contribution in [0.3, 0.4) is 0 Å². The number of amides is 2. The van der Waals surface area contributed by atoms with Crippen LogP contribution in [0.2, 0.25) is 0 Å². The molecule has 3 aliphatic rings. The fourth-order valence-electron chi connectivity index (χ4n) is 4.17. The lowest BCUT2D eigenvalue weighted by molar-refractivity contribution is -0.126. The summed E-state index contributed by atoms with van der Waals surface area (Å²) in [5, 5.41) is 6.19. The van der Waals surface area contributed by atoms with Crippen molar-refractivity contribution in [2.45, 2.75) is 70.5 Å². The van der Waals surface area contributed by atoms with Crippen molar-refractivity contribution in [1.29, 1.82) is 0 Å². The van der Waals surface area contributed by atoms with E-state index in [-0.39, 0.29) is 23.3 Å². The largest absolute Gasteiger partial charge is 0.354 e. The van der Waals surface area contributed by atoms with Gasteiger partial charge in [0, 0.05) is 43.2 Å². The number of nitrogens with zero attached hydrogens (tertiary/aromatic N) is 2. The van der Waals surface area contributed by atoms with Gasteiger partial charge < -0.3 is 10.6 Å². The van der Waals surface area contributed by atoms with E-state index in [1.54, 1.807) is 6.20 Å². The number of aromatic nitrogens is 1. The van der Waals surface area contributed by atoms with E-state index in [0.29, 0.717) is 25.6 Å². The van der Waals surface area contributed by atoms with Gasteiger partial charge in [0.15, 0.2) is 0 Å². The topological polar surface area (TPSA) is 74.3 Å². The zero-order chi connectivity index (χ0) is 19.6. The number of likely N-dealkylation sites (tertiary alicyclic amines) is 1. The Balaban J connectivity index is 1.28. The third-order valence-electron chi connectivity index (χ3n) is 6.60. The lowest BCUT2D eigenvalue weighted by Gasteiger charge is -2.30. The highest BCUT2D eigenvalue weighted by Gasteiger charge is 2.45. The first-order valence-electron chi connectivity index (χ1n) is 10.7. The average molecular weight is 385 g/mol. The second-order valence-corrected chi connectivity index (χ2v) is 9.10. The predicted octanol–water partition coefficient (Wildman–Crippen LogP) is 2.25. The first-order valence-corrected chi connectivity index (χ1v) is 10.7. The van der Waals surface area contributed by atoms with Gasteiger partial charge in [-0.15, -0.1) is 0 Å². The Bertz CT molecular complexity index is 700. The smallest absolute Gasteiger partial charge is 0.225 e. The summed E-state index contributed by atoms with van der Waals surface area (Å²) in [4.78, 5) is 31.6. The van der Waals surface area contributed by atoms with E-state index in [9.17, 15) is 9.59 Å². The summed E-state index contributed by atoms with van der Waals surface area (Å²) < 4.78 is 0. The maximum absolute atomic E-state index is 12.5. The van der Waals surface area contributed by atoms with E-state index in [4.69, 9.17) is 0 Å². The minimum Gasteiger partial charge on any atom is -0.354 e. The van der Waals surface area contributed by atoms with Gasteiger partial charge >= 0.3 is 0 Å². The molecule has 0 aromatic carbocycles. The molecule has 0 spiro atoms. The Labute approximate surface area is 167 Å². The van der Waals surface area contributed by atoms with Gasteiger partial charge in [-0.05, 0) is 56.6 Å². The number of carbonyl (C=O) groups is 2. The normalized spacial score (nSPS) is 26.0. The SMILES string of the molecule is CC1(C(=O)NC[C@@H]2CC[C@H](CC(=O)NCc3ccccn3)N2CC2CC2)CC1. The van der Waals surface area contributed by atoms with Gasteiger partial charge in [0.05, 0.1) is 12.2 Å². The van der Waals surface area contributed by atoms with Gasteiger partial charge in [-0.3, -0.25) is 19.5 Å². The summed E-state index contributed by atoms with van der Waals surface area (Å²) in [6.07, 6.45) is 8.98. The molecule has 152 valence electrons. The molecule has 0 unspecified atom stereocenters. The number of nitrogens with one attached hydrogen (secondary N) is 2. The number of rotatable bonds is 9. The first kappa shape index (κ1) is 19.4. The molecule has 6 nitrogen and oxygen atoms in total. The molecule has 1 aromatic heterocycles. The molecule has 2 amide bonds. The Morgan fingerprint density at radius 1 is 1.14 bits per heavy atom. The summed E-state index contributed by atoms with van der Waals surface area (Å²) in [5.41, 5.74) is 0.760. The van der Waals surface area contributed by atoms with Gasteiger partial charge in [0.2, 0.25) is 11.8 Å². The second kappa shape index (κ2) is 8.19. The van der Waals surface area contributed by atoms with Crippen LogP contribution in [0.25, 0.3) is 0 Å². The Morgan fingerprint density at radius 2 is 1.93 bits per heavy atom. The Morgan fingerprint density at radius 3 is 2.61 bits per heavy atom. The lowest BCUT2D eigenvalue weighted by atomic mass is 10.1.